The monoisotopic (exact) mass is 404 g/mol. The molecule has 3 aliphatic rings. The number of hydrogen-bond donors (Lipinski definition) is 0. The summed E-state index contributed by atoms with van der Waals surface area (Å²) in [6.45, 7) is 3.94. The molecule has 30 heavy (non-hydrogen) atoms. The normalized spacial score (nSPS) is 22.2. The van der Waals surface area contributed by atoms with E-state index in [2.05, 4.69) is 28.1 Å². The van der Waals surface area contributed by atoms with Crippen molar-refractivity contribution >= 4 is 0 Å². The van der Waals surface area contributed by atoms with Gasteiger partial charge < -0.3 is 18.6 Å². The third-order valence-electron chi connectivity index (χ3n) is 6.59. The average molecular weight is 404 g/mol. The van der Waals surface area contributed by atoms with Crippen molar-refractivity contribution in [3.63, 3.8) is 0 Å². The Bertz CT molecular complexity index is 1180. The van der Waals surface area contributed by atoms with Crippen LogP contribution in [0.25, 0.3) is 11.4 Å². The molecular formula is C23H24N4O3. The Balaban J connectivity index is 1.27. The van der Waals surface area contributed by atoms with Gasteiger partial charge in [0.25, 0.3) is 5.56 Å². The van der Waals surface area contributed by atoms with Gasteiger partial charge in [-0.15, -0.1) is 0 Å². The summed E-state index contributed by atoms with van der Waals surface area (Å²) in [5, 5.41) is 0. The van der Waals surface area contributed by atoms with Crippen molar-refractivity contribution in [3.05, 3.63) is 64.3 Å². The zero-order chi connectivity index (χ0) is 20.2. The van der Waals surface area contributed by atoms with Crippen LogP contribution in [0.2, 0.25) is 0 Å². The third kappa shape index (κ3) is 2.84. The predicted molar refractivity (Wildman–Crippen MR) is 112 cm³/mol. The maximum atomic E-state index is 13.2. The van der Waals surface area contributed by atoms with Crippen molar-refractivity contribution in [3.8, 4) is 22.9 Å². The van der Waals surface area contributed by atoms with Gasteiger partial charge in [-0.1, -0.05) is 6.07 Å². The van der Waals surface area contributed by atoms with Gasteiger partial charge in [0.2, 0.25) is 6.79 Å². The second-order valence-corrected chi connectivity index (χ2v) is 8.63. The largest absolute Gasteiger partial charge is 0.454 e. The van der Waals surface area contributed by atoms with Crippen molar-refractivity contribution in [1.82, 2.24) is 19.0 Å². The molecule has 2 bridgehead atoms. The molecule has 0 unspecified atom stereocenters. The molecule has 1 saturated heterocycles. The van der Waals surface area contributed by atoms with Crippen LogP contribution in [-0.2, 0) is 20.1 Å². The lowest BCUT2D eigenvalue weighted by Crippen LogP contribution is -2.47. The highest BCUT2D eigenvalue weighted by atomic mass is 16.7. The molecule has 0 saturated carbocycles. The Labute approximate surface area is 174 Å². The minimum atomic E-state index is 0.0840. The molecule has 1 fully saturated rings. The van der Waals surface area contributed by atoms with E-state index in [9.17, 15) is 4.79 Å². The fourth-order valence-electron chi connectivity index (χ4n) is 5.27. The number of imidazole rings is 1. The highest BCUT2D eigenvalue weighted by Crippen LogP contribution is 2.37. The highest BCUT2D eigenvalue weighted by Gasteiger charge is 2.35. The van der Waals surface area contributed by atoms with Gasteiger partial charge in [0.15, 0.2) is 11.5 Å². The van der Waals surface area contributed by atoms with Crippen LogP contribution >= 0.6 is 0 Å². The maximum Gasteiger partial charge on any atom is 0.261 e. The molecule has 5 heterocycles. The van der Waals surface area contributed by atoms with Crippen molar-refractivity contribution in [1.29, 1.82) is 0 Å². The SMILES string of the molecule is Cn1ccnc1-c1ccc2n(c1=O)C[C@H]1C[C@@H]2CN(Cc2ccc3c(c2)OCO3)C1. The fourth-order valence-corrected chi connectivity index (χ4v) is 5.27. The van der Waals surface area contributed by atoms with Gasteiger partial charge in [-0.2, -0.15) is 0 Å². The summed E-state index contributed by atoms with van der Waals surface area (Å²) in [6.07, 6.45) is 4.77. The van der Waals surface area contributed by atoms with Gasteiger partial charge in [0.05, 0.1) is 5.56 Å². The number of aromatic nitrogens is 3. The van der Waals surface area contributed by atoms with Crippen LogP contribution in [0, 0.1) is 5.92 Å². The second-order valence-electron chi connectivity index (χ2n) is 8.63. The topological polar surface area (TPSA) is 61.5 Å². The molecule has 1 aromatic carbocycles. The number of piperidine rings is 1. The number of hydrogen-bond acceptors (Lipinski definition) is 5. The lowest BCUT2D eigenvalue weighted by atomic mass is 9.82. The van der Waals surface area contributed by atoms with E-state index in [1.54, 1.807) is 6.20 Å². The predicted octanol–water partition coefficient (Wildman–Crippen LogP) is 2.60. The van der Waals surface area contributed by atoms with Gasteiger partial charge in [0, 0.05) is 57.2 Å². The van der Waals surface area contributed by atoms with Crippen molar-refractivity contribution in [2.75, 3.05) is 19.9 Å². The van der Waals surface area contributed by atoms with Crippen molar-refractivity contribution < 1.29 is 9.47 Å². The van der Waals surface area contributed by atoms with Crippen LogP contribution in [0.15, 0.2) is 47.5 Å². The number of ether oxygens (including phenoxy) is 2. The zero-order valence-electron chi connectivity index (χ0n) is 17.0. The maximum absolute atomic E-state index is 13.2. The number of fused-ring (bicyclic) bond motifs is 5. The first kappa shape index (κ1) is 17.8. The second kappa shape index (κ2) is 6.74. The molecule has 0 aliphatic carbocycles. The minimum absolute atomic E-state index is 0.0840. The summed E-state index contributed by atoms with van der Waals surface area (Å²) in [5.74, 6) is 3.26. The molecule has 0 radical (unpaired) electrons. The smallest absolute Gasteiger partial charge is 0.261 e. The highest BCUT2D eigenvalue weighted by molar-refractivity contribution is 5.54. The average Bonchev–Trinajstić information content (AvgIpc) is 3.37. The van der Waals surface area contributed by atoms with E-state index in [1.165, 1.54) is 5.56 Å². The number of benzene rings is 1. The summed E-state index contributed by atoms with van der Waals surface area (Å²) >= 11 is 0. The van der Waals surface area contributed by atoms with Crippen LogP contribution < -0.4 is 15.0 Å². The Kier molecular flexibility index (Phi) is 3.99. The molecule has 7 nitrogen and oxygen atoms in total. The first-order valence-corrected chi connectivity index (χ1v) is 10.5. The standard InChI is InChI=1S/C23H24N4O3/c1-25-7-6-24-22(25)18-3-4-19-17-8-16(12-27(19)23(18)28)11-26(13-17)10-15-2-5-20-21(9-15)30-14-29-20/h2-7,9,16-17H,8,10-14H2,1H3/t16-,17+/m0/s1. The first-order valence-electron chi connectivity index (χ1n) is 10.5. The lowest BCUT2D eigenvalue weighted by Gasteiger charge is -2.43. The Morgan fingerprint density at radius 1 is 1.10 bits per heavy atom. The first-order chi connectivity index (χ1) is 14.7. The summed E-state index contributed by atoms with van der Waals surface area (Å²) in [5.41, 5.74) is 3.16. The number of nitrogens with zero attached hydrogens (tertiary/aromatic N) is 4. The quantitative estimate of drug-likeness (QED) is 0.672. The van der Waals surface area contributed by atoms with E-state index in [0.717, 1.165) is 55.6 Å². The molecule has 6 rings (SSSR count). The minimum Gasteiger partial charge on any atom is -0.454 e. The Morgan fingerprint density at radius 3 is 2.87 bits per heavy atom. The van der Waals surface area contributed by atoms with Gasteiger partial charge in [-0.25, -0.2) is 4.98 Å². The summed E-state index contributed by atoms with van der Waals surface area (Å²) < 4.78 is 14.9. The van der Waals surface area contributed by atoms with Gasteiger partial charge in [0.1, 0.15) is 5.82 Å². The molecule has 0 N–H and O–H groups in total. The van der Waals surface area contributed by atoms with Crippen molar-refractivity contribution in [2.24, 2.45) is 13.0 Å². The van der Waals surface area contributed by atoms with Crippen molar-refractivity contribution in [2.45, 2.75) is 25.4 Å². The molecular weight excluding hydrogens is 380 g/mol. The molecule has 3 aromatic rings. The molecule has 2 atom stereocenters. The summed E-state index contributed by atoms with van der Waals surface area (Å²) in [7, 11) is 1.93. The zero-order valence-corrected chi connectivity index (χ0v) is 17.0. The number of rotatable bonds is 3. The van der Waals surface area contributed by atoms with Crippen LogP contribution in [0.4, 0.5) is 0 Å². The molecule has 154 valence electrons. The molecule has 2 aromatic heterocycles. The van der Waals surface area contributed by atoms with E-state index < -0.39 is 0 Å². The van der Waals surface area contributed by atoms with E-state index in [-0.39, 0.29) is 5.56 Å². The van der Waals surface area contributed by atoms with Crippen LogP contribution in [0.1, 0.15) is 23.6 Å². The van der Waals surface area contributed by atoms with Crippen LogP contribution in [-0.4, -0.2) is 38.9 Å². The third-order valence-corrected chi connectivity index (χ3v) is 6.59. The lowest BCUT2D eigenvalue weighted by molar-refractivity contribution is 0.114. The van der Waals surface area contributed by atoms with E-state index in [1.807, 2.05) is 34.5 Å². The Morgan fingerprint density at radius 2 is 2.00 bits per heavy atom. The molecule has 0 spiro atoms. The summed E-state index contributed by atoms with van der Waals surface area (Å²) in [4.78, 5) is 20.1. The van der Waals surface area contributed by atoms with E-state index >= 15 is 0 Å². The summed E-state index contributed by atoms with van der Waals surface area (Å²) in [6, 6.07) is 10.3. The number of likely N-dealkylation sites (tertiary alicyclic amines) is 1. The molecule has 0 amide bonds. The van der Waals surface area contributed by atoms with Gasteiger partial charge >= 0.3 is 0 Å². The van der Waals surface area contributed by atoms with Crippen LogP contribution in [0.5, 0.6) is 11.5 Å². The molecule has 3 aliphatic heterocycles. The molecule has 7 heteroatoms. The van der Waals surface area contributed by atoms with Gasteiger partial charge in [-0.05, 0) is 42.2 Å². The Hall–Kier alpha value is -3.06. The van der Waals surface area contributed by atoms with Gasteiger partial charge in [-0.3, -0.25) is 9.69 Å². The van der Waals surface area contributed by atoms with Crippen LogP contribution in [0.3, 0.4) is 0 Å². The van der Waals surface area contributed by atoms with E-state index in [0.29, 0.717) is 24.2 Å². The van der Waals surface area contributed by atoms with E-state index in [4.69, 9.17) is 9.47 Å². The number of pyridine rings is 1. The number of aryl methyl sites for hydroxylation is 1. The fraction of sp³-hybridized carbons (Fsp3) is 0.391.